The van der Waals surface area contributed by atoms with Gasteiger partial charge in [-0.05, 0) is 43.0 Å². The van der Waals surface area contributed by atoms with Crippen LogP contribution in [0.5, 0.6) is 5.75 Å². The van der Waals surface area contributed by atoms with E-state index in [-0.39, 0.29) is 0 Å². The van der Waals surface area contributed by atoms with Gasteiger partial charge in [0.25, 0.3) is 0 Å². The Labute approximate surface area is 104 Å². The molecule has 1 N–H and O–H groups in total. The summed E-state index contributed by atoms with van der Waals surface area (Å²) in [4.78, 5) is 0. The van der Waals surface area contributed by atoms with Gasteiger partial charge in [0, 0.05) is 12.5 Å². The Morgan fingerprint density at radius 1 is 1.35 bits per heavy atom. The molecule has 0 aromatic heterocycles. The van der Waals surface area contributed by atoms with Crippen LogP contribution in [0.15, 0.2) is 24.3 Å². The first-order chi connectivity index (χ1) is 8.29. The molecule has 2 heteroatoms. The number of ether oxygens (including phenoxy) is 1. The summed E-state index contributed by atoms with van der Waals surface area (Å²) >= 11 is 0. The largest absolute Gasteiger partial charge is 0.493 e. The summed E-state index contributed by atoms with van der Waals surface area (Å²) in [5.74, 6) is 2.33. The van der Waals surface area contributed by atoms with Crippen LogP contribution in [0.3, 0.4) is 0 Å². The molecule has 1 aromatic carbocycles. The Hall–Kier alpha value is -1.02. The summed E-state index contributed by atoms with van der Waals surface area (Å²) in [5, 5.41) is 3.36. The Morgan fingerprint density at radius 3 is 2.71 bits per heavy atom. The van der Waals surface area contributed by atoms with E-state index >= 15 is 0 Å². The predicted molar refractivity (Wildman–Crippen MR) is 71.6 cm³/mol. The van der Waals surface area contributed by atoms with Crippen LogP contribution in [0, 0.1) is 5.92 Å². The molecule has 2 nitrogen and oxygen atoms in total. The molecule has 1 fully saturated rings. The van der Waals surface area contributed by atoms with Crippen LogP contribution in [0.1, 0.15) is 38.2 Å². The van der Waals surface area contributed by atoms with Crippen molar-refractivity contribution < 1.29 is 4.74 Å². The van der Waals surface area contributed by atoms with Crippen LogP contribution < -0.4 is 10.1 Å². The van der Waals surface area contributed by atoms with Gasteiger partial charge in [0.1, 0.15) is 5.75 Å². The van der Waals surface area contributed by atoms with E-state index in [0.29, 0.717) is 11.8 Å². The smallest absolute Gasteiger partial charge is 0.119 e. The zero-order valence-corrected chi connectivity index (χ0v) is 10.9. The second-order valence-electron chi connectivity index (χ2n) is 5.05. The van der Waals surface area contributed by atoms with E-state index in [1.807, 2.05) is 0 Å². The minimum absolute atomic E-state index is 0.642. The summed E-state index contributed by atoms with van der Waals surface area (Å²) in [5.41, 5.74) is 1.40. The van der Waals surface area contributed by atoms with Crippen LogP contribution in [-0.4, -0.2) is 19.7 Å². The molecule has 0 aliphatic carbocycles. The lowest BCUT2D eigenvalue weighted by molar-refractivity contribution is 0.260. The van der Waals surface area contributed by atoms with E-state index in [1.54, 1.807) is 0 Å². The molecule has 0 bridgehead atoms. The van der Waals surface area contributed by atoms with Crippen molar-refractivity contribution in [2.75, 3.05) is 19.7 Å². The average molecular weight is 233 g/mol. The third-order valence-electron chi connectivity index (χ3n) is 3.71. The van der Waals surface area contributed by atoms with Gasteiger partial charge in [0.05, 0.1) is 6.61 Å². The average Bonchev–Trinajstić information content (AvgIpc) is 2.89. The molecule has 0 saturated carbocycles. The van der Waals surface area contributed by atoms with Crippen molar-refractivity contribution >= 4 is 0 Å². The topological polar surface area (TPSA) is 21.3 Å². The number of hydrogen-bond acceptors (Lipinski definition) is 2. The van der Waals surface area contributed by atoms with Crippen molar-refractivity contribution in [1.29, 1.82) is 0 Å². The lowest BCUT2D eigenvalue weighted by Gasteiger charge is -2.13. The van der Waals surface area contributed by atoms with Crippen molar-refractivity contribution in [3.63, 3.8) is 0 Å². The van der Waals surface area contributed by atoms with Crippen LogP contribution in [0.4, 0.5) is 0 Å². The highest BCUT2D eigenvalue weighted by Gasteiger charge is 2.14. The van der Waals surface area contributed by atoms with Gasteiger partial charge in [-0.2, -0.15) is 0 Å². The van der Waals surface area contributed by atoms with Gasteiger partial charge in [-0.15, -0.1) is 0 Å². The summed E-state index contributed by atoms with van der Waals surface area (Å²) in [6.45, 7) is 7.57. The molecular formula is C15H23NO. The molecular weight excluding hydrogens is 210 g/mol. The summed E-state index contributed by atoms with van der Waals surface area (Å²) in [6.07, 6.45) is 2.43. The molecule has 1 aromatic rings. The van der Waals surface area contributed by atoms with E-state index in [2.05, 4.69) is 43.4 Å². The summed E-state index contributed by atoms with van der Waals surface area (Å²) in [6, 6.07) is 8.58. The maximum Gasteiger partial charge on any atom is 0.119 e. The number of hydrogen-bond donors (Lipinski definition) is 1. The van der Waals surface area contributed by atoms with Crippen molar-refractivity contribution in [1.82, 2.24) is 5.32 Å². The minimum atomic E-state index is 0.642. The fourth-order valence-electron chi connectivity index (χ4n) is 2.20. The Morgan fingerprint density at radius 2 is 2.12 bits per heavy atom. The Balaban J connectivity index is 1.84. The van der Waals surface area contributed by atoms with Gasteiger partial charge in [-0.25, -0.2) is 0 Å². The first-order valence-corrected chi connectivity index (χ1v) is 6.73. The van der Waals surface area contributed by atoms with Crippen LogP contribution in [0.2, 0.25) is 0 Å². The number of nitrogens with one attached hydrogen (secondary N) is 1. The Bertz CT molecular complexity index is 327. The van der Waals surface area contributed by atoms with Gasteiger partial charge in [-0.3, -0.25) is 0 Å². The summed E-state index contributed by atoms with van der Waals surface area (Å²) in [7, 11) is 0. The van der Waals surface area contributed by atoms with Crippen molar-refractivity contribution in [2.45, 2.75) is 32.6 Å². The molecule has 1 heterocycles. The number of rotatable bonds is 5. The molecule has 0 amide bonds. The molecule has 1 saturated heterocycles. The first kappa shape index (κ1) is 12.4. The fourth-order valence-corrected chi connectivity index (χ4v) is 2.20. The second-order valence-corrected chi connectivity index (χ2v) is 5.05. The van der Waals surface area contributed by atoms with E-state index in [9.17, 15) is 0 Å². The SMILES string of the molecule is CC[C@H](C)c1ccc(OC[C@@H]2CCNC2)cc1. The maximum absolute atomic E-state index is 5.82. The molecule has 0 radical (unpaired) electrons. The molecule has 2 atom stereocenters. The zero-order valence-electron chi connectivity index (χ0n) is 10.9. The van der Waals surface area contributed by atoms with Crippen molar-refractivity contribution in [2.24, 2.45) is 5.92 Å². The van der Waals surface area contributed by atoms with E-state index in [0.717, 1.165) is 25.4 Å². The monoisotopic (exact) mass is 233 g/mol. The highest BCUT2D eigenvalue weighted by molar-refractivity contribution is 5.29. The van der Waals surface area contributed by atoms with Crippen LogP contribution in [-0.2, 0) is 0 Å². The van der Waals surface area contributed by atoms with Gasteiger partial charge in [-0.1, -0.05) is 26.0 Å². The molecule has 1 aliphatic heterocycles. The van der Waals surface area contributed by atoms with Gasteiger partial charge < -0.3 is 10.1 Å². The zero-order chi connectivity index (χ0) is 12.1. The van der Waals surface area contributed by atoms with Gasteiger partial charge in [0.2, 0.25) is 0 Å². The summed E-state index contributed by atoms with van der Waals surface area (Å²) < 4.78 is 5.82. The van der Waals surface area contributed by atoms with Crippen LogP contribution in [0.25, 0.3) is 0 Å². The van der Waals surface area contributed by atoms with E-state index in [4.69, 9.17) is 4.74 Å². The predicted octanol–water partition coefficient (Wildman–Crippen LogP) is 3.19. The van der Waals surface area contributed by atoms with Crippen molar-refractivity contribution in [3.05, 3.63) is 29.8 Å². The lowest BCUT2D eigenvalue weighted by Crippen LogP contribution is -2.15. The minimum Gasteiger partial charge on any atom is -0.493 e. The standard InChI is InChI=1S/C15H23NO/c1-3-12(2)14-4-6-15(7-5-14)17-11-13-8-9-16-10-13/h4-7,12-13,16H,3,8-11H2,1-2H3/t12-,13+/m0/s1. The van der Waals surface area contributed by atoms with Gasteiger partial charge >= 0.3 is 0 Å². The molecule has 2 rings (SSSR count). The second kappa shape index (κ2) is 6.06. The fraction of sp³-hybridized carbons (Fsp3) is 0.600. The number of benzene rings is 1. The quantitative estimate of drug-likeness (QED) is 0.843. The molecule has 1 aliphatic rings. The van der Waals surface area contributed by atoms with E-state index < -0.39 is 0 Å². The molecule has 0 unspecified atom stereocenters. The normalized spacial score (nSPS) is 21.4. The molecule has 17 heavy (non-hydrogen) atoms. The molecule has 0 spiro atoms. The Kier molecular flexibility index (Phi) is 4.43. The van der Waals surface area contributed by atoms with E-state index in [1.165, 1.54) is 18.4 Å². The lowest BCUT2D eigenvalue weighted by atomic mass is 9.99. The highest BCUT2D eigenvalue weighted by Crippen LogP contribution is 2.22. The third-order valence-corrected chi connectivity index (χ3v) is 3.71. The highest BCUT2D eigenvalue weighted by atomic mass is 16.5. The third kappa shape index (κ3) is 3.47. The van der Waals surface area contributed by atoms with Gasteiger partial charge in [0.15, 0.2) is 0 Å². The van der Waals surface area contributed by atoms with Crippen molar-refractivity contribution in [3.8, 4) is 5.75 Å². The first-order valence-electron chi connectivity index (χ1n) is 6.73. The molecule has 94 valence electrons. The maximum atomic E-state index is 5.82. The van der Waals surface area contributed by atoms with Crippen LogP contribution >= 0.6 is 0 Å².